The fourth-order valence-electron chi connectivity index (χ4n) is 3.39. The largest absolute Gasteiger partial charge is 0.421 e. The van der Waals surface area contributed by atoms with Crippen LogP contribution in [0.5, 0.6) is 5.75 Å². The van der Waals surface area contributed by atoms with E-state index in [0.717, 1.165) is 25.1 Å². The van der Waals surface area contributed by atoms with Gasteiger partial charge in [0.05, 0.1) is 11.8 Å². The topological polar surface area (TPSA) is 51.2 Å². The molecule has 23 heavy (non-hydrogen) atoms. The van der Waals surface area contributed by atoms with Crippen LogP contribution < -0.4 is 10.1 Å². The first-order valence-electron chi connectivity index (χ1n) is 7.93. The molecule has 1 aliphatic carbocycles. The van der Waals surface area contributed by atoms with E-state index in [4.69, 9.17) is 4.74 Å². The number of ether oxygens (including phenoxy) is 1. The zero-order chi connectivity index (χ0) is 15.6. The highest BCUT2D eigenvalue weighted by Gasteiger charge is 2.31. The Morgan fingerprint density at radius 3 is 2.87 bits per heavy atom. The van der Waals surface area contributed by atoms with Crippen molar-refractivity contribution in [3.05, 3.63) is 66.0 Å². The number of carbonyl (C=O) groups excluding carboxylic acids is 1. The van der Waals surface area contributed by atoms with Gasteiger partial charge in [-0.25, -0.2) is 4.79 Å². The summed E-state index contributed by atoms with van der Waals surface area (Å²) in [6, 6.07) is 10.9. The van der Waals surface area contributed by atoms with Gasteiger partial charge in [-0.15, -0.1) is 0 Å². The maximum Gasteiger partial charge on any atom is 0.343 e. The van der Waals surface area contributed by atoms with E-state index in [-0.39, 0.29) is 5.97 Å². The van der Waals surface area contributed by atoms with Gasteiger partial charge in [0.15, 0.2) is 0 Å². The Balaban J connectivity index is 1.52. The normalized spacial score (nSPS) is 22.5. The van der Waals surface area contributed by atoms with Crippen LogP contribution in [0.3, 0.4) is 0 Å². The molecule has 2 atom stereocenters. The van der Waals surface area contributed by atoms with Crippen molar-refractivity contribution >= 4 is 11.5 Å². The lowest BCUT2D eigenvalue weighted by Gasteiger charge is -2.08. The fraction of sp³-hybridized carbons (Fsp3) is 0.263. The number of fused-ring (bicyclic) bond motifs is 1. The van der Waals surface area contributed by atoms with E-state index in [2.05, 4.69) is 16.4 Å². The molecule has 2 aliphatic rings. The molecule has 0 bridgehead atoms. The van der Waals surface area contributed by atoms with E-state index in [1.54, 1.807) is 18.3 Å². The predicted molar refractivity (Wildman–Crippen MR) is 88.1 cm³/mol. The van der Waals surface area contributed by atoms with Gasteiger partial charge in [0.1, 0.15) is 5.75 Å². The third-order valence-corrected chi connectivity index (χ3v) is 4.59. The molecule has 116 valence electrons. The van der Waals surface area contributed by atoms with Crippen LogP contribution >= 0.6 is 0 Å². The van der Waals surface area contributed by atoms with Crippen LogP contribution in [0.1, 0.15) is 22.3 Å². The number of allylic oxidation sites excluding steroid dienone is 1. The van der Waals surface area contributed by atoms with Crippen LogP contribution in [-0.4, -0.2) is 24.0 Å². The minimum Gasteiger partial charge on any atom is -0.421 e. The van der Waals surface area contributed by atoms with Crippen molar-refractivity contribution < 1.29 is 9.53 Å². The van der Waals surface area contributed by atoms with E-state index in [1.165, 1.54) is 5.57 Å². The fourth-order valence-corrected chi connectivity index (χ4v) is 3.39. The van der Waals surface area contributed by atoms with Crippen molar-refractivity contribution in [3.8, 4) is 5.75 Å². The van der Waals surface area contributed by atoms with Gasteiger partial charge in [-0.1, -0.05) is 24.3 Å². The number of aromatic nitrogens is 1. The molecule has 2 unspecified atom stereocenters. The number of hydrogen-bond donors (Lipinski definition) is 1. The number of carbonyl (C=O) groups is 1. The molecule has 1 aromatic carbocycles. The Morgan fingerprint density at radius 1 is 1.17 bits per heavy atom. The van der Waals surface area contributed by atoms with Crippen molar-refractivity contribution in [1.29, 1.82) is 0 Å². The lowest BCUT2D eigenvalue weighted by atomic mass is 9.99. The summed E-state index contributed by atoms with van der Waals surface area (Å²) in [7, 11) is 0. The second-order valence-corrected chi connectivity index (χ2v) is 6.14. The van der Waals surface area contributed by atoms with E-state index < -0.39 is 0 Å². The molecule has 4 nitrogen and oxygen atoms in total. The molecule has 4 rings (SSSR count). The standard InChI is InChI=1S/C19H18N2O2/c22-19(13-4-2-1-3-5-13)23-18-8-17(11-21-12-18)14-6-15-9-20-10-16(15)7-14/h1-6,8,11-12,15-16,20H,7,9-10H2. The first kappa shape index (κ1) is 14.2. The number of hydrogen-bond acceptors (Lipinski definition) is 4. The van der Waals surface area contributed by atoms with Crippen LogP contribution in [0.2, 0.25) is 0 Å². The van der Waals surface area contributed by atoms with E-state index in [9.17, 15) is 4.79 Å². The monoisotopic (exact) mass is 306 g/mol. The van der Waals surface area contributed by atoms with E-state index >= 15 is 0 Å². The molecule has 2 aromatic rings. The summed E-state index contributed by atoms with van der Waals surface area (Å²) in [5.74, 6) is 1.46. The molecule has 1 N–H and O–H groups in total. The van der Waals surface area contributed by atoms with Crippen LogP contribution in [0.4, 0.5) is 0 Å². The van der Waals surface area contributed by atoms with Crippen molar-refractivity contribution in [3.63, 3.8) is 0 Å². The molecule has 0 amide bonds. The summed E-state index contributed by atoms with van der Waals surface area (Å²) in [6.07, 6.45) is 6.84. The van der Waals surface area contributed by atoms with E-state index in [1.807, 2.05) is 30.5 Å². The zero-order valence-electron chi connectivity index (χ0n) is 12.7. The van der Waals surface area contributed by atoms with Gasteiger partial charge in [0.25, 0.3) is 0 Å². The van der Waals surface area contributed by atoms with Gasteiger partial charge in [0.2, 0.25) is 0 Å². The second kappa shape index (κ2) is 5.97. The summed E-state index contributed by atoms with van der Waals surface area (Å²) < 4.78 is 5.45. The van der Waals surface area contributed by atoms with E-state index in [0.29, 0.717) is 23.1 Å². The molecular weight excluding hydrogens is 288 g/mol. The Hall–Kier alpha value is -2.46. The Bertz CT molecular complexity index is 755. The van der Waals surface area contributed by atoms with Crippen molar-refractivity contribution in [1.82, 2.24) is 10.3 Å². The minimum absolute atomic E-state index is 0.356. The summed E-state index contributed by atoms with van der Waals surface area (Å²) >= 11 is 0. The highest BCUT2D eigenvalue weighted by molar-refractivity contribution is 5.91. The quantitative estimate of drug-likeness (QED) is 0.886. The number of nitrogens with zero attached hydrogens (tertiary/aromatic N) is 1. The lowest BCUT2D eigenvalue weighted by Crippen LogP contribution is -2.09. The number of pyridine rings is 1. The summed E-state index contributed by atoms with van der Waals surface area (Å²) in [6.45, 7) is 2.14. The van der Waals surface area contributed by atoms with Crippen LogP contribution in [0, 0.1) is 11.8 Å². The third kappa shape index (κ3) is 2.90. The van der Waals surface area contributed by atoms with Crippen LogP contribution in [0.15, 0.2) is 54.9 Å². The van der Waals surface area contributed by atoms with Gasteiger partial charge in [-0.2, -0.15) is 0 Å². The molecule has 1 fully saturated rings. The average molecular weight is 306 g/mol. The van der Waals surface area contributed by atoms with Gasteiger partial charge in [0, 0.05) is 12.7 Å². The van der Waals surface area contributed by atoms with Crippen LogP contribution in [0.25, 0.3) is 5.57 Å². The SMILES string of the molecule is O=C(Oc1cncc(C2=CC3CNCC3C2)c1)c1ccccc1. The third-order valence-electron chi connectivity index (χ3n) is 4.59. The van der Waals surface area contributed by atoms with Crippen molar-refractivity contribution in [2.75, 3.05) is 13.1 Å². The predicted octanol–water partition coefficient (Wildman–Crippen LogP) is 2.92. The highest BCUT2D eigenvalue weighted by Crippen LogP contribution is 2.38. The van der Waals surface area contributed by atoms with Gasteiger partial charge >= 0.3 is 5.97 Å². The Morgan fingerprint density at radius 2 is 2.04 bits per heavy atom. The lowest BCUT2D eigenvalue weighted by molar-refractivity contribution is 0.0734. The second-order valence-electron chi connectivity index (χ2n) is 6.14. The first-order chi connectivity index (χ1) is 11.3. The number of rotatable bonds is 3. The van der Waals surface area contributed by atoms with Gasteiger partial charge < -0.3 is 10.1 Å². The maximum atomic E-state index is 12.1. The molecule has 4 heteroatoms. The molecule has 2 heterocycles. The number of nitrogens with one attached hydrogen (secondary N) is 1. The molecule has 0 radical (unpaired) electrons. The summed E-state index contributed by atoms with van der Waals surface area (Å²) in [5, 5.41) is 3.42. The minimum atomic E-state index is -0.356. The van der Waals surface area contributed by atoms with Crippen LogP contribution in [-0.2, 0) is 0 Å². The highest BCUT2D eigenvalue weighted by atomic mass is 16.5. The first-order valence-corrected chi connectivity index (χ1v) is 7.93. The maximum absolute atomic E-state index is 12.1. The molecule has 1 saturated heterocycles. The smallest absolute Gasteiger partial charge is 0.343 e. The summed E-state index contributed by atoms with van der Waals surface area (Å²) in [4.78, 5) is 16.4. The molecule has 0 saturated carbocycles. The number of benzene rings is 1. The van der Waals surface area contributed by atoms with Crippen molar-refractivity contribution in [2.24, 2.45) is 11.8 Å². The molecular formula is C19H18N2O2. The van der Waals surface area contributed by atoms with Crippen molar-refractivity contribution in [2.45, 2.75) is 6.42 Å². The Kier molecular flexibility index (Phi) is 3.67. The molecule has 1 aromatic heterocycles. The average Bonchev–Trinajstić information content (AvgIpc) is 3.17. The summed E-state index contributed by atoms with van der Waals surface area (Å²) in [5.41, 5.74) is 2.91. The Labute approximate surface area is 135 Å². The van der Waals surface area contributed by atoms with Gasteiger partial charge in [-0.3, -0.25) is 4.98 Å². The molecule has 1 aliphatic heterocycles. The zero-order valence-corrected chi connectivity index (χ0v) is 12.7. The van der Waals surface area contributed by atoms with Gasteiger partial charge in [-0.05, 0) is 54.1 Å². The molecule has 0 spiro atoms. The number of esters is 1.